The summed E-state index contributed by atoms with van der Waals surface area (Å²) in [4.78, 5) is 11.5. The zero-order valence-electron chi connectivity index (χ0n) is 7.09. The molecule has 1 heterocycles. The van der Waals surface area contributed by atoms with Crippen LogP contribution in [0.1, 0.15) is 18.9 Å². The lowest BCUT2D eigenvalue weighted by molar-refractivity contribution is 0.650. The highest BCUT2D eigenvalue weighted by Crippen LogP contribution is 1.96. The molecule has 1 aromatic rings. The van der Waals surface area contributed by atoms with Crippen LogP contribution in [-0.2, 0) is 12.4 Å². The normalized spacial score (nSPS) is 10.2. The summed E-state index contributed by atoms with van der Waals surface area (Å²) in [6.07, 6.45) is 2.76. The van der Waals surface area contributed by atoms with Gasteiger partial charge < -0.3 is 4.57 Å². The minimum Gasteiger partial charge on any atom is -0.315 e. The van der Waals surface area contributed by atoms with Crippen LogP contribution in [0.15, 0.2) is 23.1 Å². The van der Waals surface area contributed by atoms with E-state index in [9.17, 15) is 4.79 Å². The van der Waals surface area contributed by atoms with Crippen molar-refractivity contribution in [2.75, 3.05) is 0 Å². The summed E-state index contributed by atoms with van der Waals surface area (Å²) in [7, 11) is 0. The van der Waals surface area contributed by atoms with Gasteiger partial charge in [0.2, 0.25) is 0 Å². The van der Waals surface area contributed by atoms with Crippen molar-refractivity contribution < 1.29 is 0 Å². The Morgan fingerprint density at radius 1 is 1.58 bits per heavy atom. The van der Waals surface area contributed by atoms with Gasteiger partial charge in [0.05, 0.1) is 5.88 Å². The van der Waals surface area contributed by atoms with Gasteiger partial charge in [-0.3, -0.25) is 4.79 Å². The molecule has 0 saturated carbocycles. The Labute approximate surface area is 76.8 Å². The van der Waals surface area contributed by atoms with Crippen LogP contribution >= 0.6 is 11.6 Å². The molecule has 0 radical (unpaired) electrons. The highest BCUT2D eigenvalue weighted by molar-refractivity contribution is 6.17. The van der Waals surface area contributed by atoms with Gasteiger partial charge >= 0.3 is 0 Å². The zero-order chi connectivity index (χ0) is 8.97. The molecule has 0 amide bonds. The number of aryl methyl sites for hydroxylation is 1. The average Bonchev–Trinajstić information content (AvgIpc) is 2.09. The van der Waals surface area contributed by atoms with Crippen LogP contribution in [0.4, 0.5) is 0 Å². The first-order chi connectivity index (χ1) is 5.79. The molecule has 0 aromatic carbocycles. The quantitative estimate of drug-likeness (QED) is 0.661. The number of aromatic nitrogens is 1. The van der Waals surface area contributed by atoms with Gasteiger partial charge in [-0.05, 0) is 12.5 Å². The molecule has 0 aliphatic carbocycles. The van der Waals surface area contributed by atoms with E-state index < -0.39 is 0 Å². The van der Waals surface area contributed by atoms with Crippen molar-refractivity contribution in [1.29, 1.82) is 0 Å². The molecule has 0 atom stereocenters. The van der Waals surface area contributed by atoms with Gasteiger partial charge in [0, 0.05) is 18.3 Å². The van der Waals surface area contributed by atoms with Crippen molar-refractivity contribution in [2.45, 2.75) is 25.8 Å². The van der Waals surface area contributed by atoms with E-state index in [0.29, 0.717) is 11.4 Å². The SMILES string of the molecule is CCCn1cccc(CCl)c1=O. The molecular formula is C9H12ClNO. The summed E-state index contributed by atoms with van der Waals surface area (Å²) in [5.41, 5.74) is 0.710. The van der Waals surface area contributed by atoms with E-state index in [1.54, 1.807) is 16.8 Å². The Hall–Kier alpha value is -0.760. The van der Waals surface area contributed by atoms with Crippen LogP contribution in [0.5, 0.6) is 0 Å². The predicted molar refractivity (Wildman–Crippen MR) is 50.6 cm³/mol. The third-order valence-electron chi connectivity index (χ3n) is 1.71. The van der Waals surface area contributed by atoms with Crippen molar-refractivity contribution in [3.8, 4) is 0 Å². The fourth-order valence-corrected chi connectivity index (χ4v) is 1.31. The number of alkyl halides is 1. The van der Waals surface area contributed by atoms with E-state index in [2.05, 4.69) is 0 Å². The van der Waals surface area contributed by atoms with Gasteiger partial charge in [-0.25, -0.2) is 0 Å². The van der Waals surface area contributed by atoms with Gasteiger partial charge in [-0.15, -0.1) is 11.6 Å². The molecule has 12 heavy (non-hydrogen) atoms. The van der Waals surface area contributed by atoms with Gasteiger partial charge in [-0.2, -0.15) is 0 Å². The van der Waals surface area contributed by atoms with Gasteiger partial charge in [0.1, 0.15) is 0 Å². The molecule has 66 valence electrons. The largest absolute Gasteiger partial charge is 0.315 e. The topological polar surface area (TPSA) is 22.0 Å². The lowest BCUT2D eigenvalue weighted by atomic mass is 10.3. The lowest BCUT2D eigenvalue weighted by Gasteiger charge is -2.03. The molecule has 1 rings (SSSR count). The zero-order valence-corrected chi connectivity index (χ0v) is 7.84. The first-order valence-corrected chi connectivity index (χ1v) is 4.57. The highest BCUT2D eigenvalue weighted by atomic mass is 35.5. The number of pyridine rings is 1. The first-order valence-electron chi connectivity index (χ1n) is 4.04. The minimum atomic E-state index is 0.0364. The molecule has 0 aliphatic rings. The van der Waals surface area contributed by atoms with E-state index >= 15 is 0 Å². The minimum absolute atomic E-state index is 0.0364. The molecule has 0 saturated heterocycles. The average molecular weight is 186 g/mol. The third-order valence-corrected chi connectivity index (χ3v) is 2.00. The van der Waals surface area contributed by atoms with Crippen molar-refractivity contribution in [2.24, 2.45) is 0 Å². The Morgan fingerprint density at radius 2 is 2.33 bits per heavy atom. The molecular weight excluding hydrogens is 174 g/mol. The van der Waals surface area contributed by atoms with Crippen molar-refractivity contribution in [1.82, 2.24) is 4.57 Å². The molecule has 3 heteroatoms. The number of nitrogens with zero attached hydrogens (tertiary/aromatic N) is 1. The number of hydrogen-bond acceptors (Lipinski definition) is 1. The summed E-state index contributed by atoms with van der Waals surface area (Å²) in [6.45, 7) is 2.81. The van der Waals surface area contributed by atoms with Crippen LogP contribution in [0.2, 0.25) is 0 Å². The second-order valence-corrected chi connectivity index (χ2v) is 2.93. The van der Waals surface area contributed by atoms with Crippen LogP contribution in [0, 0.1) is 0 Å². The summed E-state index contributed by atoms with van der Waals surface area (Å²) in [5, 5.41) is 0. The second kappa shape index (κ2) is 4.31. The van der Waals surface area contributed by atoms with E-state index in [-0.39, 0.29) is 5.56 Å². The molecule has 0 aliphatic heterocycles. The molecule has 1 aromatic heterocycles. The van der Waals surface area contributed by atoms with Gasteiger partial charge in [0.15, 0.2) is 0 Å². The summed E-state index contributed by atoms with van der Waals surface area (Å²) in [5.74, 6) is 0.295. The fourth-order valence-electron chi connectivity index (χ4n) is 1.11. The first kappa shape index (κ1) is 9.33. The number of rotatable bonds is 3. The second-order valence-electron chi connectivity index (χ2n) is 2.67. The Morgan fingerprint density at radius 3 is 2.92 bits per heavy atom. The Kier molecular flexibility index (Phi) is 3.35. The van der Waals surface area contributed by atoms with E-state index in [1.807, 2.05) is 13.0 Å². The van der Waals surface area contributed by atoms with Crippen LogP contribution in [0.3, 0.4) is 0 Å². The van der Waals surface area contributed by atoms with Crippen LogP contribution < -0.4 is 5.56 Å². The Balaban J connectivity index is 3.06. The van der Waals surface area contributed by atoms with E-state index in [0.717, 1.165) is 13.0 Å². The van der Waals surface area contributed by atoms with E-state index in [4.69, 9.17) is 11.6 Å². The number of halogens is 1. The maximum absolute atomic E-state index is 11.5. The standard InChI is InChI=1S/C9H12ClNO/c1-2-5-11-6-3-4-8(7-10)9(11)12/h3-4,6H,2,5,7H2,1H3. The monoisotopic (exact) mass is 185 g/mol. The maximum Gasteiger partial charge on any atom is 0.254 e. The summed E-state index contributed by atoms with van der Waals surface area (Å²) in [6, 6.07) is 3.62. The van der Waals surface area contributed by atoms with E-state index in [1.165, 1.54) is 0 Å². The predicted octanol–water partition coefficient (Wildman–Crippen LogP) is 2.00. The molecule has 0 spiro atoms. The summed E-state index contributed by atoms with van der Waals surface area (Å²) < 4.78 is 1.69. The van der Waals surface area contributed by atoms with Gasteiger partial charge in [-0.1, -0.05) is 13.0 Å². The van der Waals surface area contributed by atoms with Crippen molar-refractivity contribution in [3.63, 3.8) is 0 Å². The fraction of sp³-hybridized carbons (Fsp3) is 0.444. The number of hydrogen-bond donors (Lipinski definition) is 0. The lowest BCUT2D eigenvalue weighted by Crippen LogP contribution is -2.21. The third kappa shape index (κ3) is 1.89. The molecule has 0 N–H and O–H groups in total. The van der Waals surface area contributed by atoms with Crippen molar-refractivity contribution >= 4 is 11.6 Å². The molecule has 2 nitrogen and oxygen atoms in total. The van der Waals surface area contributed by atoms with Gasteiger partial charge in [0.25, 0.3) is 5.56 Å². The van der Waals surface area contributed by atoms with Crippen LogP contribution in [-0.4, -0.2) is 4.57 Å². The molecule has 0 unspecified atom stereocenters. The Bertz CT molecular complexity index is 306. The van der Waals surface area contributed by atoms with Crippen LogP contribution in [0.25, 0.3) is 0 Å². The molecule has 0 fully saturated rings. The maximum atomic E-state index is 11.5. The highest BCUT2D eigenvalue weighted by Gasteiger charge is 1.99. The molecule has 0 bridgehead atoms. The smallest absolute Gasteiger partial charge is 0.254 e. The summed E-state index contributed by atoms with van der Waals surface area (Å²) >= 11 is 5.59. The van der Waals surface area contributed by atoms with Crippen molar-refractivity contribution in [3.05, 3.63) is 34.2 Å².